The fraction of sp³-hybridized carbons (Fsp3) is 0.450. The Hall–Kier alpha value is -2.25. The Morgan fingerprint density at radius 2 is 2.19 bits per heavy atom. The Labute approximate surface area is 163 Å². The topological polar surface area (TPSA) is 63.1 Å². The summed E-state index contributed by atoms with van der Waals surface area (Å²) >= 11 is 1.71. The van der Waals surface area contributed by atoms with Crippen LogP contribution in [0.25, 0.3) is 11.2 Å². The van der Waals surface area contributed by atoms with Crippen molar-refractivity contribution in [3.63, 3.8) is 0 Å². The first kappa shape index (κ1) is 18.1. The van der Waals surface area contributed by atoms with Crippen LogP contribution in [0, 0.1) is 0 Å². The van der Waals surface area contributed by atoms with Gasteiger partial charge in [-0.3, -0.25) is 4.79 Å². The summed E-state index contributed by atoms with van der Waals surface area (Å²) in [5.74, 6) is -0.108. The second kappa shape index (κ2) is 7.78. The van der Waals surface area contributed by atoms with Gasteiger partial charge >= 0.3 is 0 Å². The number of imidazole rings is 1. The van der Waals surface area contributed by atoms with Crippen molar-refractivity contribution in [1.29, 1.82) is 0 Å². The minimum absolute atomic E-state index is 0.108. The van der Waals surface area contributed by atoms with E-state index < -0.39 is 0 Å². The Bertz CT molecular complexity index is 912. The van der Waals surface area contributed by atoms with Gasteiger partial charge in [-0.15, -0.1) is 11.3 Å². The highest BCUT2D eigenvalue weighted by Crippen LogP contribution is 2.31. The van der Waals surface area contributed by atoms with Crippen molar-refractivity contribution in [3.05, 3.63) is 46.5 Å². The Morgan fingerprint density at radius 3 is 2.89 bits per heavy atom. The average Bonchev–Trinajstić information content (AvgIpc) is 3.41. The maximum Gasteiger partial charge on any atom is 0.252 e. The normalized spacial score (nSPS) is 16.3. The number of carbonyl (C=O) groups excluding carboxylic acids is 1. The van der Waals surface area contributed by atoms with E-state index in [1.54, 1.807) is 17.5 Å². The number of pyridine rings is 1. The lowest BCUT2D eigenvalue weighted by Gasteiger charge is -2.23. The van der Waals surface area contributed by atoms with Gasteiger partial charge in [0.15, 0.2) is 5.65 Å². The third-order valence-electron chi connectivity index (χ3n) is 5.34. The van der Waals surface area contributed by atoms with E-state index in [4.69, 9.17) is 0 Å². The number of hydrogen-bond acceptors (Lipinski definition) is 5. The predicted octanol–water partition coefficient (Wildman–Crippen LogP) is 3.64. The molecule has 1 aliphatic rings. The third kappa shape index (κ3) is 3.75. The van der Waals surface area contributed by atoms with Crippen LogP contribution in [0.5, 0.6) is 0 Å². The van der Waals surface area contributed by atoms with Crippen LogP contribution < -0.4 is 5.32 Å². The molecule has 1 saturated carbocycles. The van der Waals surface area contributed by atoms with Gasteiger partial charge in [-0.25, -0.2) is 9.97 Å². The molecule has 1 N–H and O–H groups in total. The molecule has 1 atom stereocenters. The summed E-state index contributed by atoms with van der Waals surface area (Å²) in [6, 6.07) is 6.64. The number of hydrogen-bond donors (Lipinski definition) is 1. The quantitative estimate of drug-likeness (QED) is 0.706. The summed E-state index contributed by atoms with van der Waals surface area (Å²) in [7, 11) is 4.06. The van der Waals surface area contributed by atoms with Gasteiger partial charge in [0, 0.05) is 23.7 Å². The lowest BCUT2D eigenvalue weighted by atomic mass is 10.2. The maximum absolute atomic E-state index is 12.6. The molecular weight excluding hydrogens is 358 g/mol. The molecule has 0 aliphatic heterocycles. The number of nitrogens with one attached hydrogen (secondary N) is 1. The SMILES string of the molecule is CN(C)C(CNC(=O)c1cnc2c(c1)ncn2C1CCCC1)c1cccs1. The molecule has 1 unspecified atom stereocenters. The summed E-state index contributed by atoms with van der Waals surface area (Å²) < 4.78 is 2.17. The number of thiophene rings is 1. The first-order valence-electron chi connectivity index (χ1n) is 9.44. The largest absolute Gasteiger partial charge is 0.350 e. The van der Waals surface area contributed by atoms with Gasteiger partial charge in [-0.2, -0.15) is 0 Å². The minimum atomic E-state index is -0.108. The smallest absolute Gasteiger partial charge is 0.252 e. The zero-order valence-electron chi connectivity index (χ0n) is 15.8. The van der Waals surface area contributed by atoms with Crippen LogP contribution in [0.2, 0.25) is 0 Å². The van der Waals surface area contributed by atoms with Gasteiger partial charge in [0.1, 0.15) is 5.52 Å². The predicted molar refractivity (Wildman–Crippen MR) is 108 cm³/mol. The molecule has 27 heavy (non-hydrogen) atoms. The van der Waals surface area contributed by atoms with E-state index in [1.165, 1.54) is 30.6 Å². The second-order valence-electron chi connectivity index (χ2n) is 7.36. The van der Waals surface area contributed by atoms with E-state index in [0.29, 0.717) is 18.2 Å². The van der Waals surface area contributed by atoms with E-state index >= 15 is 0 Å². The first-order chi connectivity index (χ1) is 13.1. The first-order valence-corrected chi connectivity index (χ1v) is 10.3. The molecule has 142 valence electrons. The van der Waals surface area contributed by atoms with E-state index in [-0.39, 0.29) is 11.9 Å². The molecule has 0 aromatic carbocycles. The molecule has 6 nitrogen and oxygen atoms in total. The molecular formula is C20H25N5OS. The van der Waals surface area contributed by atoms with Gasteiger partial charge < -0.3 is 14.8 Å². The molecule has 0 radical (unpaired) electrons. The lowest BCUT2D eigenvalue weighted by molar-refractivity contribution is 0.0942. The standard InChI is InChI=1S/C20H25N5OS/c1-24(2)17(18-8-5-9-27-18)12-22-20(26)14-10-16-19(21-11-14)25(13-23-16)15-6-3-4-7-15/h5,8-11,13,15,17H,3-4,6-7,12H2,1-2H3,(H,22,26). The molecule has 0 saturated heterocycles. The van der Waals surface area contributed by atoms with Crippen molar-refractivity contribution < 1.29 is 4.79 Å². The highest BCUT2D eigenvalue weighted by Gasteiger charge is 2.21. The van der Waals surface area contributed by atoms with E-state index in [0.717, 1.165) is 11.2 Å². The van der Waals surface area contributed by atoms with Crippen LogP contribution in [-0.2, 0) is 0 Å². The Morgan fingerprint density at radius 1 is 1.37 bits per heavy atom. The van der Waals surface area contributed by atoms with Gasteiger partial charge in [0.2, 0.25) is 0 Å². The number of carbonyl (C=O) groups is 1. The van der Waals surface area contributed by atoms with Crippen molar-refractivity contribution in [2.24, 2.45) is 0 Å². The number of aromatic nitrogens is 3. The number of nitrogens with zero attached hydrogens (tertiary/aromatic N) is 4. The molecule has 0 bridgehead atoms. The van der Waals surface area contributed by atoms with Gasteiger partial charge in [-0.1, -0.05) is 18.9 Å². The highest BCUT2D eigenvalue weighted by molar-refractivity contribution is 7.10. The van der Waals surface area contributed by atoms with Gasteiger partial charge in [-0.05, 0) is 44.4 Å². The van der Waals surface area contributed by atoms with Crippen molar-refractivity contribution in [1.82, 2.24) is 24.8 Å². The molecule has 4 rings (SSSR count). The molecule has 1 aliphatic carbocycles. The van der Waals surface area contributed by atoms with Crippen molar-refractivity contribution >= 4 is 28.4 Å². The summed E-state index contributed by atoms with van der Waals surface area (Å²) in [5, 5.41) is 5.11. The zero-order valence-corrected chi connectivity index (χ0v) is 16.6. The van der Waals surface area contributed by atoms with Gasteiger partial charge in [0.25, 0.3) is 5.91 Å². The molecule has 1 fully saturated rings. The van der Waals surface area contributed by atoms with Crippen molar-refractivity contribution in [2.75, 3.05) is 20.6 Å². The number of amides is 1. The molecule has 7 heteroatoms. The maximum atomic E-state index is 12.6. The van der Waals surface area contributed by atoms with Crippen molar-refractivity contribution in [2.45, 2.75) is 37.8 Å². The summed E-state index contributed by atoms with van der Waals surface area (Å²) in [4.78, 5) is 25.0. The summed E-state index contributed by atoms with van der Waals surface area (Å²) in [6.07, 6.45) is 8.44. The monoisotopic (exact) mass is 383 g/mol. The van der Waals surface area contributed by atoms with Crippen LogP contribution in [0.4, 0.5) is 0 Å². The fourth-order valence-electron chi connectivity index (χ4n) is 3.80. The van der Waals surface area contributed by atoms with E-state index in [1.807, 2.05) is 32.6 Å². The lowest BCUT2D eigenvalue weighted by Crippen LogP contribution is -2.34. The zero-order chi connectivity index (χ0) is 18.8. The fourth-order valence-corrected chi connectivity index (χ4v) is 4.73. The average molecular weight is 384 g/mol. The second-order valence-corrected chi connectivity index (χ2v) is 8.34. The number of rotatable bonds is 6. The summed E-state index contributed by atoms with van der Waals surface area (Å²) in [5.41, 5.74) is 2.23. The minimum Gasteiger partial charge on any atom is -0.350 e. The van der Waals surface area contributed by atoms with Crippen LogP contribution in [0.15, 0.2) is 36.1 Å². The highest BCUT2D eigenvalue weighted by atomic mass is 32.1. The van der Waals surface area contributed by atoms with Crippen LogP contribution in [0.3, 0.4) is 0 Å². The molecule has 3 aromatic heterocycles. The van der Waals surface area contributed by atoms with Crippen molar-refractivity contribution in [3.8, 4) is 0 Å². The molecule has 3 heterocycles. The van der Waals surface area contributed by atoms with Gasteiger partial charge in [0.05, 0.1) is 17.9 Å². The molecule has 0 spiro atoms. The van der Waals surface area contributed by atoms with E-state index in [9.17, 15) is 4.79 Å². The Balaban J connectivity index is 1.47. The Kier molecular flexibility index (Phi) is 5.22. The molecule has 1 amide bonds. The van der Waals surface area contributed by atoms with Crippen LogP contribution >= 0.6 is 11.3 Å². The van der Waals surface area contributed by atoms with E-state index in [2.05, 4.69) is 36.2 Å². The summed E-state index contributed by atoms with van der Waals surface area (Å²) in [6.45, 7) is 0.556. The van der Waals surface area contributed by atoms with Crippen LogP contribution in [-0.4, -0.2) is 46.0 Å². The molecule has 3 aromatic rings. The number of fused-ring (bicyclic) bond motifs is 1. The van der Waals surface area contributed by atoms with Crippen LogP contribution in [0.1, 0.15) is 53.0 Å². The number of likely N-dealkylation sites (N-methyl/N-ethyl adjacent to an activating group) is 1. The third-order valence-corrected chi connectivity index (χ3v) is 6.32.